The average Bonchev–Trinajstić information content (AvgIpc) is 3.33. The third kappa shape index (κ3) is 3.74. The maximum Gasteiger partial charge on any atom is 0.308 e. The quantitative estimate of drug-likeness (QED) is 0.494. The molecular formula is C21H19IN2O3. The highest BCUT2D eigenvalue weighted by atomic mass is 127. The van der Waals surface area contributed by atoms with Gasteiger partial charge >= 0.3 is 5.91 Å². The van der Waals surface area contributed by atoms with Crippen LogP contribution < -0.4 is 14.4 Å². The van der Waals surface area contributed by atoms with Crippen LogP contribution >= 0.6 is 22.6 Å². The van der Waals surface area contributed by atoms with Crippen LogP contribution in [0.5, 0.6) is 11.6 Å². The fourth-order valence-corrected chi connectivity index (χ4v) is 3.38. The van der Waals surface area contributed by atoms with Crippen LogP contribution in [0.25, 0.3) is 0 Å². The molecule has 1 aromatic heterocycles. The van der Waals surface area contributed by atoms with E-state index in [9.17, 15) is 4.79 Å². The first-order chi connectivity index (χ1) is 13.1. The van der Waals surface area contributed by atoms with Gasteiger partial charge in [0.15, 0.2) is 0 Å². The first kappa shape index (κ1) is 18.1. The van der Waals surface area contributed by atoms with Crippen molar-refractivity contribution in [3.8, 4) is 23.5 Å². The van der Waals surface area contributed by atoms with Crippen LogP contribution in [0.15, 0.2) is 24.3 Å². The molecule has 1 aliphatic heterocycles. The van der Waals surface area contributed by atoms with E-state index >= 15 is 0 Å². The zero-order chi connectivity index (χ0) is 19.0. The molecule has 2 heterocycles. The average molecular weight is 474 g/mol. The van der Waals surface area contributed by atoms with Gasteiger partial charge < -0.3 is 9.47 Å². The lowest BCUT2D eigenvalue weighted by atomic mass is 10.1. The maximum atomic E-state index is 12.9. The van der Waals surface area contributed by atoms with E-state index in [1.54, 1.807) is 6.92 Å². The molecule has 0 spiro atoms. The number of benzene rings is 1. The minimum absolute atomic E-state index is 0.216. The summed E-state index contributed by atoms with van der Waals surface area (Å²) >= 11 is 2.28. The number of nitrogens with zero attached hydrogens (tertiary/aromatic N) is 2. The first-order valence-corrected chi connectivity index (χ1v) is 10.0. The summed E-state index contributed by atoms with van der Waals surface area (Å²) in [4.78, 5) is 19.0. The number of rotatable bonds is 4. The van der Waals surface area contributed by atoms with Crippen molar-refractivity contribution in [3.63, 3.8) is 0 Å². The van der Waals surface area contributed by atoms with Gasteiger partial charge in [-0.15, -0.1) is 0 Å². The molecule has 1 saturated carbocycles. The lowest BCUT2D eigenvalue weighted by Gasteiger charge is -2.23. The van der Waals surface area contributed by atoms with Crippen LogP contribution in [0, 0.1) is 22.3 Å². The largest absolute Gasteiger partial charge is 0.488 e. The zero-order valence-corrected chi connectivity index (χ0v) is 17.4. The number of carbonyl (C=O) groups is 1. The molecule has 4 rings (SSSR count). The van der Waals surface area contributed by atoms with Crippen molar-refractivity contribution in [1.29, 1.82) is 0 Å². The molecule has 5 nitrogen and oxygen atoms in total. The summed E-state index contributed by atoms with van der Waals surface area (Å²) in [6.07, 6.45) is 3.13. The Labute approximate surface area is 172 Å². The minimum atomic E-state index is -0.343. The fraction of sp³-hybridized carbons (Fsp3) is 0.333. The molecule has 0 unspecified atom stereocenters. The molecule has 0 atom stereocenters. The normalized spacial score (nSPS) is 14.6. The summed E-state index contributed by atoms with van der Waals surface area (Å²) in [5.74, 6) is 6.75. The van der Waals surface area contributed by atoms with Crippen molar-refractivity contribution < 1.29 is 14.3 Å². The van der Waals surface area contributed by atoms with Gasteiger partial charge in [-0.25, -0.2) is 4.90 Å². The Morgan fingerprint density at radius 3 is 2.93 bits per heavy atom. The summed E-state index contributed by atoms with van der Waals surface area (Å²) in [6, 6.07) is 7.75. The summed E-state index contributed by atoms with van der Waals surface area (Å²) < 4.78 is 12.8. The highest BCUT2D eigenvalue weighted by Crippen LogP contribution is 2.40. The highest BCUT2D eigenvalue weighted by Gasteiger charge is 2.29. The summed E-state index contributed by atoms with van der Waals surface area (Å²) in [5, 5.41) is 0. The number of aromatic nitrogens is 1. The number of carbonyl (C=O) groups excluding carboxylic acids is 1. The summed E-state index contributed by atoms with van der Waals surface area (Å²) in [6.45, 7) is 4.28. The smallest absolute Gasteiger partial charge is 0.308 e. The molecule has 138 valence electrons. The monoisotopic (exact) mass is 474 g/mol. The number of anilines is 2. The van der Waals surface area contributed by atoms with E-state index in [1.807, 2.05) is 31.2 Å². The van der Waals surface area contributed by atoms with Crippen molar-refractivity contribution in [2.75, 3.05) is 11.5 Å². The SMILES string of the molecule is CC#CC(=O)N(c1ccc2c(n1)OCC2)c1cc(C)c(I)cc1OC1CC1. The number of amides is 1. The van der Waals surface area contributed by atoms with Crippen LogP contribution in [-0.2, 0) is 11.2 Å². The number of aryl methyl sites for hydroxylation is 1. The lowest BCUT2D eigenvalue weighted by Crippen LogP contribution is -2.26. The summed E-state index contributed by atoms with van der Waals surface area (Å²) in [7, 11) is 0. The number of hydrogen-bond acceptors (Lipinski definition) is 4. The van der Waals surface area contributed by atoms with Crippen LogP contribution in [0.1, 0.15) is 30.9 Å². The number of halogens is 1. The van der Waals surface area contributed by atoms with E-state index < -0.39 is 0 Å². The molecule has 1 aliphatic carbocycles. The number of fused-ring (bicyclic) bond motifs is 1. The molecule has 0 saturated heterocycles. The predicted octanol–water partition coefficient (Wildman–Crippen LogP) is 4.16. The molecule has 2 aromatic rings. The first-order valence-electron chi connectivity index (χ1n) is 8.93. The second-order valence-electron chi connectivity index (χ2n) is 6.63. The Bertz CT molecular complexity index is 973. The molecule has 0 N–H and O–H groups in total. The van der Waals surface area contributed by atoms with Crippen LogP contribution in [0.2, 0.25) is 0 Å². The van der Waals surface area contributed by atoms with Gasteiger partial charge in [-0.3, -0.25) is 4.79 Å². The Morgan fingerprint density at radius 1 is 1.37 bits per heavy atom. The number of hydrogen-bond donors (Lipinski definition) is 0. The molecular weight excluding hydrogens is 455 g/mol. The van der Waals surface area contributed by atoms with Gasteiger partial charge in [-0.05, 0) is 85.0 Å². The molecule has 1 amide bonds. The van der Waals surface area contributed by atoms with Gasteiger partial charge in [0.1, 0.15) is 11.6 Å². The van der Waals surface area contributed by atoms with E-state index in [1.165, 1.54) is 4.90 Å². The fourth-order valence-electron chi connectivity index (χ4n) is 2.94. The van der Waals surface area contributed by atoms with Crippen LogP contribution in [-0.4, -0.2) is 23.6 Å². The molecule has 0 radical (unpaired) electrons. The third-order valence-electron chi connectivity index (χ3n) is 4.50. The van der Waals surface area contributed by atoms with E-state index in [2.05, 4.69) is 39.4 Å². The maximum absolute atomic E-state index is 12.9. The standard InChI is InChI=1S/C21H19IN2O3/c1-3-4-20(25)24(19-8-5-14-9-10-26-21(14)23-19)17-11-13(2)16(22)12-18(17)27-15-6-7-15/h5,8,11-12,15H,6-7,9-10H2,1-2H3. The van der Waals surface area contributed by atoms with Crippen LogP contribution in [0.4, 0.5) is 11.5 Å². The van der Waals surface area contributed by atoms with Crippen molar-refractivity contribution in [1.82, 2.24) is 4.98 Å². The number of ether oxygens (including phenoxy) is 2. The zero-order valence-electron chi connectivity index (χ0n) is 15.2. The van der Waals surface area contributed by atoms with Crippen molar-refractivity contribution >= 4 is 40.0 Å². The highest BCUT2D eigenvalue weighted by molar-refractivity contribution is 14.1. The van der Waals surface area contributed by atoms with Gasteiger partial charge in [0.25, 0.3) is 0 Å². The molecule has 1 fully saturated rings. The van der Waals surface area contributed by atoms with Gasteiger partial charge in [0, 0.05) is 15.6 Å². The Morgan fingerprint density at radius 2 is 2.19 bits per heavy atom. The minimum Gasteiger partial charge on any atom is -0.488 e. The second kappa shape index (κ2) is 7.39. The van der Waals surface area contributed by atoms with Crippen molar-refractivity contribution in [2.45, 2.75) is 39.2 Å². The van der Waals surface area contributed by atoms with Gasteiger partial charge in [-0.2, -0.15) is 4.98 Å². The Balaban J connectivity index is 1.84. The molecule has 27 heavy (non-hydrogen) atoms. The van der Waals surface area contributed by atoms with Crippen molar-refractivity contribution in [2.24, 2.45) is 0 Å². The van der Waals surface area contributed by atoms with Gasteiger partial charge in [0.2, 0.25) is 5.88 Å². The van der Waals surface area contributed by atoms with E-state index in [0.717, 1.165) is 34.0 Å². The van der Waals surface area contributed by atoms with E-state index in [-0.39, 0.29) is 12.0 Å². The Kier molecular flexibility index (Phi) is 4.96. The van der Waals surface area contributed by atoms with Crippen molar-refractivity contribution in [3.05, 3.63) is 39.0 Å². The molecule has 6 heteroatoms. The number of pyridine rings is 1. The Hall–Kier alpha value is -2.27. The second-order valence-corrected chi connectivity index (χ2v) is 7.80. The third-order valence-corrected chi connectivity index (χ3v) is 5.66. The molecule has 2 aliphatic rings. The van der Waals surface area contributed by atoms with Crippen LogP contribution in [0.3, 0.4) is 0 Å². The predicted molar refractivity (Wildman–Crippen MR) is 112 cm³/mol. The van der Waals surface area contributed by atoms with E-state index in [0.29, 0.717) is 29.7 Å². The summed E-state index contributed by atoms with van der Waals surface area (Å²) in [5.41, 5.74) is 2.78. The topological polar surface area (TPSA) is 51.7 Å². The van der Waals surface area contributed by atoms with E-state index in [4.69, 9.17) is 9.47 Å². The van der Waals surface area contributed by atoms with Gasteiger partial charge in [-0.1, -0.05) is 5.92 Å². The van der Waals surface area contributed by atoms with Gasteiger partial charge in [0.05, 0.1) is 18.4 Å². The molecule has 0 bridgehead atoms. The molecule has 1 aromatic carbocycles. The lowest BCUT2D eigenvalue weighted by molar-refractivity contribution is -0.112.